The van der Waals surface area contributed by atoms with Gasteiger partial charge in [0.05, 0.1) is 0 Å². The molecule has 0 aromatic rings. The third kappa shape index (κ3) is 1.20. The molecule has 2 aliphatic rings. The van der Waals surface area contributed by atoms with Gasteiger partial charge in [-0.2, -0.15) is 0 Å². The molecule has 0 saturated heterocycles. The molecule has 2 heteroatoms. The minimum absolute atomic E-state index is 0.147. The Balaban J connectivity index is 1.80. The minimum atomic E-state index is -0.147. The van der Waals surface area contributed by atoms with Crippen LogP contribution in [-0.2, 0) is 4.79 Å². The number of fused-ring (bicyclic) bond motifs is 1. The molecule has 2 fully saturated rings. The van der Waals surface area contributed by atoms with Crippen LogP contribution in [0, 0.1) is 17.8 Å². The van der Waals surface area contributed by atoms with Crippen LogP contribution in [0.15, 0.2) is 0 Å². The monoisotopic (exact) mass is 158 g/mol. The average molecular weight is 159 g/mol. The Morgan fingerprint density at radius 1 is 1.30 bits per heavy atom. The molecule has 0 aromatic carbocycles. The summed E-state index contributed by atoms with van der Waals surface area (Å²) in [7, 11) is 0. The first kappa shape index (κ1) is 6.66. The highest BCUT2D eigenvalue weighted by atomic mass is 35.5. The lowest BCUT2D eigenvalue weighted by Crippen LogP contribution is -2.01. The van der Waals surface area contributed by atoms with Crippen molar-refractivity contribution >= 4 is 16.8 Å². The van der Waals surface area contributed by atoms with Crippen LogP contribution in [0.5, 0.6) is 0 Å². The maximum Gasteiger partial charge on any atom is 0.221 e. The second-order valence-corrected chi connectivity index (χ2v) is 4.07. The highest BCUT2D eigenvalue weighted by Gasteiger charge is 2.45. The summed E-state index contributed by atoms with van der Waals surface area (Å²) in [4.78, 5) is 10.5. The van der Waals surface area contributed by atoms with Crippen molar-refractivity contribution in [2.75, 3.05) is 0 Å². The van der Waals surface area contributed by atoms with Gasteiger partial charge < -0.3 is 0 Å². The van der Waals surface area contributed by atoms with Crippen LogP contribution in [0.3, 0.4) is 0 Å². The molecule has 0 spiro atoms. The summed E-state index contributed by atoms with van der Waals surface area (Å²) in [5, 5.41) is -0.147. The molecule has 1 nitrogen and oxygen atoms in total. The molecule has 0 bridgehead atoms. The number of hydrogen-bond acceptors (Lipinski definition) is 1. The summed E-state index contributed by atoms with van der Waals surface area (Å²) in [5.74, 6) is 2.58. The standard InChI is InChI=1S/C8H11ClO/c9-8(10)3-5-1-6-4-7(6)2-5/h5-7H,1-4H2/t5?,6-,7+. The van der Waals surface area contributed by atoms with E-state index in [1.165, 1.54) is 19.3 Å². The van der Waals surface area contributed by atoms with Crippen LogP contribution in [0.4, 0.5) is 0 Å². The predicted molar refractivity (Wildman–Crippen MR) is 39.8 cm³/mol. The van der Waals surface area contributed by atoms with Gasteiger partial charge in [0.15, 0.2) is 0 Å². The fourth-order valence-electron chi connectivity index (χ4n) is 2.23. The third-order valence-corrected chi connectivity index (χ3v) is 2.94. The Morgan fingerprint density at radius 2 is 1.90 bits per heavy atom. The fraction of sp³-hybridized carbons (Fsp3) is 0.875. The van der Waals surface area contributed by atoms with E-state index in [0.29, 0.717) is 12.3 Å². The first-order chi connectivity index (χ1) is 4.75. The molecule has 0 aliphatic heterocycles. The largest absolute Gasteiger partial charge is 0.281 e. The van der Waals surface area contributed by atoms with Crippen LogP contribution in [0.2, 0.25) is 0 Å². The zero-order valence-electron chi connectivity index (χ0n) is 5.85. The van der Waals surface area contributed by atoms with Gasteiger partial charge in [0.25, 0.3) is 0 Å². The van der Waals surface area contributed by atoms with Crippen LogP contribution >= 0.6 is 11.6 Å². The summed E-state index contributed by atoms with van der Waals surface area (Å²) in [6.45, 7) is 0. The van der Waals surface area contributed by atoms with Gasteiger partial charge in [-0.1, -0.05) is 0 Å². The SMILES string of the molecule is O=C(Cl)CC1C[C@@H]2C[C@@H]2C1. The number of halogens is 1. The van der Waals surface area contributed by atoms with Crippen LogP contribution in [0.1, 0.15) is 25.7 Å². The molecule has 2 rings (SSSR count). The van der Waals surface area contributed by atoms with Gasteiger partial charge in [-0.05, 0) is 48.6 Å². The molecular weight excluding hydrogens is 148 g/mol. The van der Waals surface area contributed by atoms with E-state index in [1.54, 1.807) is 0 Å². The van der Waals surface area contributed by atoms with Gasteiger partial charge in [0.2, 0.25) is 5.24 Å². The van der Waals surface area contributed by atoms with Crippen LogP contribution in [-0.4, -0.2) is 5.24 Å². The molecule has 2 aliphatic carbocycles. The molecule has 3 atom stereocenters. The lowest BCUT2D eigenvalue weighted by Gasteiger charge is -2.06. The van der Waals surface area contributed by atoms with Gasteiger partial charge in [0, 0.05) is 6.42 Å². The van der Waals surface area contributed by atoms with E-state index in [2.05, 4.69) is 0 Å². The molecule has 10 heavy (non-hydrogen) atoms. The summed E-state index contributed by atoms with van der Waals surface area (Å²) in [5.41, 5.74) is 0. The quantitative estimate of drug-likeness (QED) is 0.563. The van der Waals surface area contributed by atoms with E-state index in [1.807, 2.05) is 0 Å². The van der Waals surface area contributed by atoms with Crippen molar-refractivity contribution < 1.29 is 4.79 Å². The average Bonchev–Trinajstić information content (AvgIpc) is 2.39. The summed E-state index contributed by atoms with van der Waals surface area (Å²) in [6.07, 6.45) is 4.58. The van der Waals surface area contributed by atoms with Crippen molar-refractivity contribution in [2.24, 2.45) is 17.8 Å². The Morgan fingerprint density at radius 3 is 2.40 bits per heavy atom. The van der Waals surface area contributed by atoms with Crippen molar-refractivity contribution in [3.63, 3.8) is 0 Å². The van der Waals surface area contributed by atoms with Crippen LogP contribution < -0.4 is 0 Å². The Hall–Kier alpha value is -0.0400. The molecule has 0 N–H and O–H groups in total. The molecule has 1 unspecified atom stereocenters. The number of rotatable bonds is 2. The maximum absolute atomic E-state index is 10.5. The highest BCUT2D eigenvalue weighted by molar-refractivity contribution is 6.63. The Kier molecular flexibility index (Phi) is 1.48. The lowest BCUT2D eigenvalue weighted by atomic mass is 10.0. The van der Waals surface area contributed by atoms with Gasteiger partial charge in [-0.3, -0.25) is 4.79 Å². The summed E-state index contributed by atoms with van der Waals surface area (Å²) in [6, 6.07) is 0. The number of carbonyl (C=O) groups excluding carboxylic acids is 1. The molecule has 0 heterocycles. The van der Waals surface area contributed by atoms with E-state index < -0.39 is 0 Å². The fourth-order valence-corrected chi connectivity index (χ4v) is 2.45. The molecule has 2 saturated carbocycles. The van der Waals surface area contributed by atoms with Gasteiger partial charge >= 0.3 is 0 Å². The summed E-state index contributed by atoms with van der Waals surface area (Å²) < 4.78 is 0. The zero-order chi connectivity index (χ0) is 7.14. The lowest BCUT2D eigenvalue weighted by molar-refractivity contribution is -0.112. The van der Waals surface area contributed by atoms with Crippen molar-refractivity contribution in [1.29, 1.82) is 0 Å². The second-order valence-electron chi connectivity index (χ2n) is 3.65. The first-order valence-electron chi connectivity index (χ1n) is 3.94. The summed E-state index contributed by atoms with van der Waals surface area (Å²) >= 11 is 5.28. The van der Waals surface area contributed by atoms with E-state index in [9.17, 15) is 4.79 Å². The van der Waals surface area contributed by atoms with Crippen molar-refractivity contribution in [3.05, 3.63) is 0 Å². The molecule has 0 aromatic heterocycles. The molecule has 56 valence electrons. The normalized spacial score (nSPS) is 43.1. The highest BCUT2D eigenvalue weighted by Crippen LogP contribution is 2.55. The Bertz CT molecular complexity index is 157. The number of hydrogen-bond donors (Lipinski definition) is 0. The van der Waals surface area contributed by atoms with Crippen LogP contribution in [0.25, 0.3) is 0 Å². The van der Waals surface area contributed by atoms with Gasteiger partial charge in [-0.15, -0.1) is 0 Å². The van der Waals surface area contributed by atoms with E-state index in [4.69, 9.17) is 11.6 Å². The Labute approximate surface area is 65.7 Å². The van der Waals surface area contributed by atoms with E-state index in [-0.39, 0.29) is 5.24 Å². The number of carbonyl (C=O) groups is 1. The first-order valence-corrected chi connectivity index (χ1v) is 4.32. The van der Waals surface area contributed by atoms with Gasteiger partial charge in [-0.25, -0.2) is 0 Å². The maximum atomic E-state index is 10.5. The zero-order valence-corrected chi connectivity index (χ0v) is 6.60. The minimum Gasteiger partial charge on any atom is -0.281 e. The smallest absolute Gasteiger partial charge is 0.221 e. The molecular formula is C8H11ClO. The topological polar surface area (TPSA) is 17.1 Å². The third-order valence-electron chi connectivity index (χ3n) is 2.79. The molecule has 0 radical (unpaired) electrons. The van der Waals surface area contributed by atoms with Crippen molar-refractivity contribution in [1.82, 2.24) is 0 Å². The molecule has 0 amide bonds. The predicted octanol–water partition coefficient (Wildman–Crippen LogP) is 2.19. The van der Waals surface area contributed by atoms with E-state index in [0.717, 1.165) is 11.8 Å². The van der Waals surface area contributed by atoms with Crippen molar-refractivity contribution in [2.45, 2.75) is 25.7 Å². The van der Waals surface area contributed by atoms with Gasteiger partial charge in [0.1, 0.15) is 0 Å². The van der Waals surface area contributed by atoms with Crippen molar-refractivity contribution in [3.8, 4) is 0 Å². The second kappa shape index (κ2) is 2.23. The van der Waals surface area contributed by atoms with E-state index >= 15 is 0 Å².